The van der Waals surface area contributed by atoms with E-state index in [4.69, 9.17) is 15.1 Å². The van der Waals surface area contributed by atoms with Gasteiger partial charge in [-0.2, -0.15) is 5.26 Å². The third-order valence-corrected chi connectivity index (χ3v) is 1.81. The zero-order valence-corrected chi connectivity index (χ0v) is 8.64. The number of rotatable bonds is 6. The predicted molar refractivity (Wildman–Crippen MR) is 57.2 cm³/mol. The molecule has 0 spiro atoms. The minimum absolute atomic E-state index is 0.0727. The van der Waals surface area contributed by atoms with Gasteiger partial charge in [-0.25, -0.2) is 0 Å². The van der Waals surface area contributed by atoms with Gasteiger partial charge in [0.1, 0.15) is 12.4 Å². The van der Waals surface area contributed by atoms with Gasteiger partial charge in [0, 0.05) is 6.54 Å². The third kappa shape index (κ3) is 4.44. The standard InChI is InChI=1S/C11H12N2O3/c12-7-9-1-3-10(4-2-9)16-6-5-13-8-11(14)15/h1-4,13H,5-6,8H2,(H,14,15). The number of benzene rings is 1. The third-order valence-electron chi connectivity index (χ3n) is 1.81. The Bertz CT molecular complexity index is 381. The van der Waals surface area contributed by atoms with Crippen molar-refractivity contribution in [3.8, 4) is 11.8 Å². The second-order valence-corrected chi connectivity index (χ2v) is 3.06. The molecule has 0 atom stereocenters. The molecule has 1 aromatic carbocycles. The number of hydrogen-bond donors (Lipinski definition) is 2. The van der Waals surface area contributed by atoms with Gasteiger partial charge in [0.2, 0.25) is 0 Å². The zero-order valence-electron chi connectivity index (χ0n) is 8.64. The highest BCUT2D eigenvalue weighted by atomic mass is 16.5. The number of nitrogens with zero attached hydrogens (tertiary/aromatic N) is 1. The van der Waals surface area contributed by atoms with Crippen LogP contribution in [0.25, 0.3) is 0 Å². The zero-order chi connectivity index (χ0) is 11.8. The highest BCUT2D eigenvalue weighted by Crippen LogP contribution is 2.10. The molecule has 5 heteroatoms. The number of carboxylic acid groups (broad SMARTS) is 1. The van der Waals surface area contributed by atoms with Crippen LogP contribution in [0.4, 0.5) is 0 Å². The second kappa shape index (κ2) is 6.43. The van der Waals surface area contributed by atoms with Gasteiger partial charge >= 0.3 is 5.97 Å². The van der Waals surface area contributed by atoms with Crippen LogP contribution in [0.1, 0.15) is 5.56 Å². The van der Waals surface area contributed by atoms with Crippen molar-refractivity contribution in [1.82, 2.24) is 5.32 Å². The lowest BCUT2D eigenvalue weighted by atomic mass is 10.2. The molecule has 0 amide bonds. The maximum absolute atomic E-state index is 10.2. The average Bonchev–Trinajstić information content (AvgIpc) is 2.29. The van der Waals surface area contributed by atoms with Crippen LogP contribution in [0.3, 0.4) is 0 Å². The predicted octanol–water partition coefficient (Wildman–Crippen LogP) is 0.611. The van der Waals surface area contributed by atoms with Crippen molar-refractivity contribution in [2.24, 2.45) is 0 Å². The minimum Gasteiger partial charge on any atom is -0.492 e. The lowest BCUT2D eigenvalue weighted by molar-refractivity contribution is -0.135. The van der Waals surface area contributed by atoms with Gasteiger partial charge in [-0.1, -0.05) is 0 Å². The number of nitriles is 1. The van der Waals surface area contributed by atoms with Gasteiger partial charge in [-0.15, -0.1) is 0 Å². The molecule has 1 aromatic rings. The number of carboxylic acids is 1. The Labute approximate surface area is 93.3 Å². The summed E-state index contributed by atoms with van der Waals surface area (Å²) < 4.78 is 5.32. The molecule has 0 unspecified atom stereocenters. The highest BCUT2D eigenvalue weighted by molar-refractivity contribution is 5.68. The van der Waals surface area contributed by atoms with Crippen molar-refractivity contribution in [2.75, 3.05) is 19.7 Å². The number of nitrogens with one attached hydrogen (secondary N) is 1. The summed E-state index contributed by atoms with van der Waals surface area (Å²) in [4.78, 5) is 10.2. The summed E-state index contributed by atoms with van der Waals surface area (Å²) in [6.07, 6.45) is 0. The van der Waals surface area contributed by atoms with E-state index in [2.05, 4.69) is 5.32 Å². The Kier molecular flexibility index (Phi) is 4.83. The Balaban J connectivity index is 2.22. The summed E-state index contributed by atoms with van der Waals surface area (Å²) in [7, 11) is 0. The first kappa shape index (κ1) is 12.0. The normalized spacial score (nSPS) is 9.44. The molecule has 0 aromatic heterocycles. The molecule has 0 aliphatic rings. The largest absolute Gasteiger partial charge is 0.492 e. The molecule has 1 rings (SSSR count). The summed E-state index contributed by atoms with van der Waals surface area (Å²) in [5.41, 5.74) is 0.580. The first-order chi connectivity index (χ1) is 7.72. The maximum Gasteiger partial charge on any atom is 0.317 e. The van der Waals surface area contributed by atoms with E-state index in [9.17, 15) is 4.79 Å². The van der Waals surface area contributed by atoms with E-state index < -0.39 is 5.97 Å². The molecule has 0 bridgehead atoms. The van der Waals surface area contributed by atoms with Crippen LogP contribution in [-0.4, -0.2) is 30.8 Å². The molecule has 0 fully saturated rings. The number of aliphatic carboxylic acids is 1. The molecule has 2 N–H and O–H groups in total. The topological polar surface area (TPSA) is 82.3 Å². The van der Waals surface area contributed by atoms with Gasteiger partial charge in [-0.05, 0) is 24.3 Å². The molecule has 0 aliphatic heterocycles. The summed E-state index contributed by atoms with van der Waals surface area (Å²) in [5, 5.41) is 19.6. The van der Waals surface area contributed by atoms with Gasteiger partial charge < -0.3 is 15.2 Å². The van der Waals surface area contributed by atoms with Crippen LogP contribution < -0.4 is 10.1 Å². The van der Waals surface area contributed by atoms with Crippen LogP contribution in [0.2, 0.25) is 0 Å². The molecular formula is C11H12N2O3. The Morgan fingerprint density at radius 3 is 2.69 bits per heavy atom. The Morgan fingerprint density at radius 1 is 1.44 bits per heavy atom. The quantitative estimate of drug-likeness (QED) is 0.686. The lowest BCUT2D eigenvalue weighted by Crippen LogP contribution is -2.26. The van der Waals surface area contributed by atoms with Crippen molar-refractivity contribution >= 4 is 5.97 Å². The fraction of sp³-hybridized carbons (Fsp3) is 0.273. The van der Waals surface area contributed by atoms with Gasteiger partial charge in [0.15, 0.2) is 0 Å². The van der Waals surface area contributed by atoms with E-state index in [1.54, 1.807) is 24.3 Å². The van der Waals surface area contributed by atoms with Crippen molar-refractivity contribution in [3.05, 3.63) is 29.8 Å². The van der Waals surface area contributed by atoms with Gasteiger partial charge in [-0.3, -0.25) is 4.79 Å². The van der Waals surface area contributed by atoms with E-state index in [1.165, 1.54) is 0 Å². The lowest BCUT2D eigenvalue weighted by Gasteiger charge is -2.05. The van der Waals surface area contributed by atoms with Crippen molar-refractivity contribution in [2.45, 2.75) is 0 Å². The average molecular weight is 220 g/mol. The maximum atomic E-state index is 10.2. The van der Waals surface area contributed by atoms with Crippen LogP contribution in [0, 0.1) is 11.3 Å². The van der Waals surface area contributed by atoms with E-state index in [1.807, 2.05) is 6.07 Å². The Hall–Kier alpha value is -2.06. The minimum atomic E-state index is -0.890. The van der Waals surface area contributed by atoms with Gasteiger partial charge in [0.05, 0.1) is 18.2 Å². The smallest absolute Gasteiger partial charge is 0.317 e. The second-order valence-electron chi connectivity index (χ2n) is 3.06. The molecule has 0 saturated heterocycles. The van der Waals surface area contributed by atoms with Crippen LogP contribution in [0.15, 0.2) is 24.3 Å². The summed E-state index contributed by atoms with van der Waals surface area (Å²) in [6, 6.07) is 8.75. The van der Waals surface area contributed by atoms with E-state index >= 15 is 0 Å². The van der Waals surface area contributed by atoms with E-state index in [0.29, 0.717) is 24.5 Å². The summed E-state index contributed by atoms with van der Waals surface area (Å²) in [5.74, 6) is -0.227. The van der Waals surface area contributed by atoms with Gasteiger partial charge in [0.25, 0.3) is 0 Å². The highest BCUT2D eigenvalue weighted by Gasteiger charge is 1.96. The van der Waals surface area contributed by atoms with Crippen molar-refractivity contribution < 1.29 is 14.6 Å². The molecular weight excluding hydrogens is 208 g/mol. The molecule has 5 nitrogen and oxygen atoms in total. The number of ether oxygens (including phenoxy) is 1. The fourth-order valence-corrected chi connectivity index (χ4v) is 1.06. The van der Waals surface area contributed by atoms with Crippen LogP contribution in [-0.2, 0) is 4.79 Å². The first-order valence-electron chi connectivity index (χ1n) is 4.78. The molecule has 0 saturated carbocycles. The summed E-state index contributed by atoms with van der Waals surface area (Å²) >= 11 is 0. The molecule has 0 radical (unpaired) electrons. The monoisotopic (exact) mass is 220 g/mol. The van der Waals surface area contributed by atoms with E-state index in [0.717, 1.165) is 0 Å². The first-order valence-corrected chi connectivity index (χ1v) is 4.78. The van der Waals surface area contributed by atoms with E-state index in [-0.39, 0.29) is 6.54 Å². The molecule has 0 aliphatic carbocycles. The van der Waals surface area contributed by atoms with Crippen LogP contribution >= 0.6 is 0 Å². The summed E-state index contributed by atoms with van der Waals surface area (Å²) in [6.45, 7) is 0.780. The van der Waals surface area contributed by atoms with Crippen LogP contribution in [0.5, 0.6) is 5.75 Å². The Morgan fingerprint density at radius 2 is 2.12 bits per heavy atom. The number of hydrogen-bond acceptors (Lipinski definition) is 4. The van der Waals surface area contributed by atoms with Crippen molar-refractivity contribution in [1.29, 1.82) is 5.26 Å². The number of carbonyl (C=O) groups is 1. The molecule has 16 heavy (non-hydrogen) atoms. The van der Waals surface area contributed by atoms with Crippen molar-refractivity contribution in [3.63, 3.8) is 0 Å². The fourth-order valence-electron chi connectivity index (χ4n) is 1.06. The SMILES string of the molecule is N#Cc1ccc(OCCNCC(=O)O)cc1. The molecule has 84 valence electrons. The molecule has 0 heterocycles.